The van der Waals surface area contributed by atoms with Gasteiger partial charge in [-0.15, -0.1) is 0 Å². The first-order chi connectivity index (χ1) is 8.29. The van der Waals surface area contributed by atoms with Crippen LogP contribution in [-0.4, -0.2) is 7.05 Å². The first-order valence-electron chi connectivity index (χ1n) is 5.76. The van der Waals surface area contributed by atoms with Gasteiger partial charge in [0.15, 0.2) is 0 Å². The third-order valence-corrected chi connectivity index (χ3v) is 3.43. The van der Waals surface area contributed by atoms with Crippen molar-refractivity contribution < 1.29 is 0 Å². The zero-order valence-corrected chi connectivity index (χ0v) is 11.4. The third-order valence-electron chi connectivity index (χ3n) is 2.90. The molecule has 17 heavy (non-hydrogen) atoms. The summed E-state index contributed by atoms with van der Waals surface area (Å²) in [5, 5.41) is 3.37. The first-order valence-corrected chi connectivity index (χ1v) is 6.55. The number of likely N-dealkylation sites (N-methyl/N-ethyl adjacent to an activating group) is 1. The molecule has 0 saturated heterocycles. The summed E-state index contributed by atoms with van der Waals surface area (Å²) >= 11 is 3.46. The highest BCUT2D eigenvalue weighted by Gasteiger charge is 2.09. The molecule has 0 fully saturated rings. The molecule has 1 nitrogen and oxygen atoms in total. The second-order valence-electron chi connectivity index (χ2n) is 4.08. The summed E-state index contributed by atoms with van der Waals surface area (Å²) in [5.74, 6) is 0. The van der Waals surface area contributed by atoms with E-state index in [1.165, 1.54) is 11.1 Å². The molecule has 0 aliphatic carbocycles. The van der Waals surface area contributed by atoms with Gasteiger partial charge in [0.05, 0.1) is 0 Å². The van der Waals surface area contributed by atoms with E-state index in [4.69, 9.17) is 0 Å². The highest BCUT2D eigenvalue weighted by Crippen LogP contribution is 2.19. The first kappa shape index (κ1) is 12.3. The summed E-state index contributed by atoms with van der Waals surface area (Å²) in [4.78, 5) is 0. The largest absolute Gasteiger partial charge is 0.313 e. The third kappa shape index (κ3) is 3.42. The fourth-order valence-corrected chi connectivity index (χ4v) is 2.19. The average molecular weight is 290 g/mol. The molecule has 1 N–H and O–H groups in total. The Morgan fingerprint density at radius 3 is 2.24 bits per heavy atom. The molecule has 2 rings (SSSR count). The van der Waals surface area contributed by atoms with Crippen molar-refractivity contribution in [2.24, 2.45) is 0 Å². The Morgan fingerprint density at radius 2 is 1.65 bits per heavy atom. The molecule has 1 atom stereocenters. The standard InChI is InChI=1S/C15H16BrN/c1-17-15(13-5-3-2-4-6-13)11-12-7-9-14(16)10-8-12/h2-10,15,17H,11H2,1H3. The number of halogens is 1. The van der Waals surface area contributed by atoms with Gasteiger partial charge in [-0.1, -0.05) is 58.4 Å². The second kappa shape index (κ2) is 5.99. The van der Waals surface area contributed by atoms with Crippen LogP contribution in [0.25, 0.3) is 0 Å². The van der Waals surface area contributed by atoms with Crippen molar-refractivity contribution in [3.63, 3.8) is 0 Å². The fourth-order valence-electron chi connectivity index (χ4n) is 1.93. The molecule has 0 aliphatic rings. The molecule has 0 saturated carbocycles. The summed E-state index contributed by atoms with van der Waals surface area (Å²) in [7, 11) is 2.01. The minimum Gasteiger partial charge on any atom is -0.313 e. The lowest BCUT2D eigenvalue weighted by atomic mass is 9.99. The molecule has 0 aromatic heterocycles. The van der Waals surface area contributed by atoms with Crippen molar-refractivity contribution in [2.75, 3.05) is 7.05 Å². The van der Waals surface area contributed by atoms with Crippen LogP contribution in [0, 0.1) is 0 Å². The minimum absolute atomic E-state index is 0.373. The van der Waals surface area contributed by atoms with Crippen LogP contribution in [0.1, 0.15) is 17.2 Å². The van der Waals surface area contributed by atoms with Gasteiger partial charge in [0, 0.05) is 10.5 Å². The molecule has 0 bridgehead atoms. The van der Waals surface area contributed by atoms with Gasteiger partial charge in [-0.2, -0.15) is 0 Å². The Balaban J connectivity index is 2.13. The van der Waals surface area contributed by atoms with Crippen LogP contribution >= 0.6 is 15.9 Å². The SMILES string of the molecule is CNC(Cc1ccc(Br)cc1)c1ccccc1. The van der Waals surface area contributed by atoms with Gasteiger partial charge in [0.2, 0.25) is 0 Å². The maximum atomic E-state index is 3.46. The summed E-state index contributed by atoms with van der Waals surface area (Å²) in [5.41, 5.74) is 2.68. The van der Waals surface area contributed by atoms with E-state index >= 15 is 0 Å². The summed E-state index contributed by atoms with van der Waals surface area (Å²) in [6.07, 6.45) is 1.01. The van der Waals surface area contributed by atoms with Crippen LogP contribution in [0.5, 0.6) is 0 Å². The number of hydrogen-bond donors (Lipinski definition) is 1. The Bertz CT molecular complexity index is 450. The summed E-state index contributed by atoms with van der Waals surface area (Å²) < 4.78 is 1.13. The van der Waals surface area contributed by atoms with Gasteiger partial charge in [-0.3, -0.25) is 0 Å². The predicted molar refractivity (Wildman–Crippen MR) is 76.1 cm³/mol. The van der Waals surface area contributed by atoms with Crippen LogP contribution in [0.4, 0.5) is 0 Å². The molecule has 0 amide bonds. The zero-order chi connectivity index (χ0) is 12.1. The van der Waals surface area contributed by atoms with Gasteiger partial charge in [0.1, 0.15) is 0 Å². The van der Waals surface area contributed by atoms with Crippen LogP contribution < -0.4 is 5.32 Å². The Hall–Kier alpha value is -1.12. The normalized spacial score (nSPS) is 12.4. The van der Waals surface area contributed by atoms with E-state index in [0.29, 0.717) is 6.04 Å². The predicted octanol–water partition coefficient (Wildman–Crippen LogP) is 3.95. The molecule has 2 aromatic rings. The van der Waals surface area contributed by atoms with Gasteiger partial charge in [-0.05, 0) is 36.7 Å². The average Bonchev–Trinajstić information content (AvgIpc) is 2.39. The highest BCUT2D eigenvalue weighted by molar-refractivity contribution is 9.10. The van der Waals surface area contributed by atoms with Crippen molar-refractivity contribution in [1.82, 2.24) is 5.32 Å². The van der Waals surface area contributed by atoms with E-state index in [2.05, 4.69) is 75.8 Å². The van der Waals surface area contributed by atoms with Gasteiger partial charge < -0.3 is 5.32 Å². The lowest BCUT2D eigenvalue weighted by Crippen LogP contribution is -2.18. The molecule has 2 aromatic carbocycles. The van der Waals surface area contributed by atoms with Gasteiger partial charge >= 0.3 is 0 Å². The van der Waals surface area contributed by atoms with Crippen LogP contribution in [0.15, 0.2) is 59.1 Å². The number of rotatable bonds is 4. The van der Waals surface area contributed by atoms with E-state index in [1.54, 1.807) is 0 Å². The summed E-state index contributed by atoms with van der Waals surface area (Å²) in [6, 6.07) is 19.4. The van der Waals surface area contributed by atoms with Gasteiger partial charge in [-0.25, -0.2) is 0 Å². The zero-order valence-electron chi connectivity index (χ0n) is 9.86. The van der Waals surface area contributed by atoms with Crippen molar-refractivity contribution in [2.45, 2.75) is 12.5 Å². The maximum Gasteiger partial charge on any atom is 0.0358 e. The molecule has 0 aliphatic heterocycles. The van der Waals surface area contributed by atoms with Crippen molar-refractivity contribution >= 4 is 15.9 Å². The Morgan fingerprint density at radius 1 is 1.00 bits per heavy atom. The van der Waals surface area contributed by atoms with Crippen molar-refractivity contribution in [3.8, 4) is 0 Å². The van der Waals surface area contributed by atoms with E-state index < -0.39 is 0 Å². The van der Waals surface area contributed by atoms with Crippen LogP contribution in [0.3, 0.4) is 0 Å². The topological polar surface area (TPSA) is 12.0 Å². The lowest BCUT2D eigenvalue weighted by Gasteiger charge is -2.16. The smallest absolute Gasteiger partial charge is 0.0358 e. The molecule has 1 unspecified atom stereocenters. The van der Waals surface area contributed by atoms with E-state index in [0.717, 1.165) is 10.9 Å². The van der Waals surface area contributed by atoms with Crippen LogP contribution in [-0.2, 0) is 6.42 Å². The molecular formula is C15H16BrN. The van der Waals surface area contributed by atoms with Crippen molar-refractivity contribution in [1.29, 1.82) is 0 Å². The molecule has 0 radical (unpaired) electrons. The molecule has 0 heterocycles. The van der Waals surface area contributed by atoms with E-state index in [9.17, 15) is 0 Å². The fraction of sp³-hybridized carbons (Fsp3) is 0.200. The minimum atomic E-state index is 0.373. The lowest BCUT2D eigenvalue weighted by molar-refractivity contribution is 0.592. The van der Waals surface area contributed by atoms with Crippen LogP contribution in [0.2, 0.25) is 0 Å². The number of nitrogens with one attached hydrogen (secondary N) is 1. The maximum absolute atomic E-state index is 3.46. The quantitative estimate of drug-likeness (QED) is 0.899. The summed E-state index contributed by atoms with van der Waals surface area (Å²) in [6.45, 7) is 0. The van der Waals surface area contributed by atoms with Gasteiger partial charge in [0.25, 0.3) is 0 Å². The van der Waals surface area contributed by atoms with Crippen molar-refractivity contribution in [3.05, 3.63) is 70.2 Å². The highest BCUT2D eigenvalue weighted by atomic mass is 79.9. The second-order valence-corrected chi connectivity index (χ2v) is 5.00. The monoisotopic (exact) mass is 289 g/mol. The Kier molecular flexibility index (Phi) is 4.35. The van der Waals surface area contributed by atoms with E-state index in [1.807, 2.05) is 7.05 Å². The Labute approximate surface area is 111 Å². The number of hydrogen-bond acceptors (Lipinski definition) is 1. The molecular weight excluding hydrogens is 274 g/mol. The molecule has 2 heteroatoms. The number of benzene rings is 2. The molecule has 88 valence electrons. The molecule has 0 spiro atoms. The van der Waals surface area contributed by atoms with E-state index in [-0.39, 0.29) is 0 Å².